The standard InChI is InChI=1S/C19H22F3N3O3.HI/c1-23-18(25-12-14-8-9-15(26-2)10-17(14)27-3)24-11-13-6-4-5-7-16(13)28-19(20,21)22;/h4-10H,11-12H2,1-3H3,(H2,23,24,25);1H. The van der Waals surface area contributed by atoms with Crippen LogP contribution in [0.1, 0.15) is 11.1 Å². The molecule has 0 bridgehead atoms. The molecule has 2 N–H and O–H groups in total. The highest BCUT2D eigenvalue weighted by Gasteiger charge is 2.31. The van der Waals surface area contributed by atoms with Crippen molar-refractivity contribution in [2.75, 3.05) is 21.3 Å². The lowest BCUT2D eigenvalue weighted by Crippen LogP contribution is -2.36. The monoisotopic (exact) mass is 525 g/mol. The third kappa shape index (κ3) is 7.87. The quantitative estimate of drug-likeness (QED) is 0.324. The number of alkyl halides is 3. The number of guanidine groups is 1. The number of hydrogen-bond donors (Lipinski definition) is 2. The van der Waals surface area contributed by atoms with Crippen molar-refractivity contribution in [1.29, 1.82) is 0 Å². The Kier molecular flexibility index (Phi) is 9.86. The van der Waals surface area contributed by atoms with Crippen LogP contribution in [0, 0.1) is 0 Å². The topological polar surface area (TPSA) is 64.1 Å². The maximum absolute atomic E-state index is 12.5. The number of halogens is 4. The molecule has 10 heteroatoms. The summed E-state index contributed by atoms with van der Waals surface area (Å²) in [5.41, 5.74) is 1.22. The molecule has 0 radical (unpaired) electrons. The molecule has 0 heterocycles. The van der Waals surface area contributed by atoms with Gasteiger partial charge in [-0.1, -0.05) is 18.2 Å². The van der Waals surface area contributed by atoms with E-state index in [-0.39, 0.29) is 36.3 Å². The number of para-hydroxylation sites is 1. The van der Waals surface area contributed by atoms with Gasteiger partial charge in [0.15, 0.2) is 5.96 Å². The van der Waals surface area contributed by atoms with Crippen LogP contribution in [0.2, 0.25) is 0 Å². The molecule has 0 aliphatic rings. The number of methoxy groups -OCH3 is 2. The summed E-state index contributed by atoms with van der Waals surface area (Å²) in [6, 6.07) is 11.4. The Bertz CT molecular complexity index is 817. The minimum Gasteiger partial charge on any atom is -0.497 e. The number of hydrogen-bond acceptors (Lipinski definition) is 4. The van der Waals surface area contributed by atoms with Crippen molar-refractivity contribution in [3.63, 3.8) is 0 Å². The fourth-order valence-electron chi connectivity index (χ4n) is 2.45. The van der Waals surface area contributed by atoms with Crippen LogP contribution in [0.3, 0.4) is 0 Å². The van der Waals surface area contributed by atoms with Gasteiger partial charge in [-0.2, -0.15) is 0 Å². The predicted molar refractivity (Wildman–Crippen MR) is 115 cm³/mol. The molecule has 0 unspecified atom stereocenters. The Morgan fingerprint density at radius 1 is 0.931 bits per heavy atom. The van der Waals surface area contributed by atoms with Gasteiger partial charge in [-0.05, 0) is 18.2 Å². The summed E-state index contributed by atoms with van der Waals surface area (Å²) < 4.78 is 52.1. The van der Waals surface area contributed by atoms with Crippen LogP contribution in [0.4, 0.5) is 13.2 Å². The van der Waals surface area contributed by atoms with Gasteiger partial charge in [0.25, 0.3) is 0 Å². The highest BCUT2D eigenvalue weighted by molar-refractivity contribution is 14.0. The molecule has 0 saturated carbocycles. The van der Waals surface area contributed by atoms with E-state index >= 15 is 0 Å². The van der Waals surface area contributed by atoms with Gasteiger partial charge in [0.2, 0.25) is 0 Å². The van der Waals surface area contributed by atoms with Gasteiger partial charge < -0.3 is 24.8 Å². The highest BCUT2D eigenvalue weighted by Crippen LogP contribution is 2.26. The van der Waals surface area contributed by atoms with E-state index in [1.807, 2.05) is 6.07 Å². The molecule has 2 aromatic rings. The predicted octanol–water partition coefficient (Wildman–Crippen LogP) is 4.09. The molecular weight excluding hydrogens is 502 g/mol. The molecule has 0 spiro atoms. The van der Waals surface area contributed by atoms with Crippen molar-refractivity contribution in [1.82, 2.24) is 10.6 Å². The number of aliphatic imine (C=N–C) groups is 1. The van der Waals surface area contributed by atoms with Gasteiger partial charge >= 0.3 is 6.36 Å². The first-order chi connectivity index (χ1) is 13.4. The first kappa shape index (κ1) is 24.7. The average molecular weight is 525 g/mol. The van der Waals surface area contributed by atoms with Crippen LogP contribution in [0.5, 0.6) is 17.2 Å². The lowest BCUT2D eigenvalue weighted by molar-refractivity contribution is -0.274. The lowest BCUT2D eigenvalue weighted by Gasteiger charge is -2.16. The van der Waals surface area contributed by atoms with Crippen molar-refractivity contribution in [3.8, 4) is 17.2 Å². The summed E-state index contributed by atoms with van der Waals surface area (Å²) >= 11 is 0. The fourth-order valence-corrected chi connectivity index (χ4v) is 2.45. The third-order valence-electron chi connectivity index (χ3n) is 3.81. The molecule has 0 aliphatic carbocycles. The van der Waals surface area contributed by atoms with E-state index in [1.165, 1.54) is 12.1 Å². The minimum atomic E-state index is -4.75. The summed E-state index contributed by atoms with van der Waals surface area (Å²) in [6.45, 7) is 0.499. The van der Waals surface area contributed by atoms with E-state index < -0.39 is 6.36 Å². The molecule has 0 atom stereocenters. The Morgan fingerprint density at radius 3 is 2.10 bits per heavy atom. The summed E-state index contributed by atoms with van der Waals surface area (Å²) in [7, 11) is 4.69. The van der Waals surface area contributed by atoms with E-state index in [4.69, 9.17) is 9.47 Å². The second kappa shape index (κ2) is 11.6. The van der Waals surface area contributed by atoms with Crippen LogP contribution >= 0.6 is 24.0 Å². The lowest BCUT2D eigenvalue weighted by atomic mass is 10.2. The Hall–Kier alpha value is -2.37. The smallest absolute Gasteiger partial charge is 0.497 e. The maximum atomic E-state index is 12.5. The van der Waals surface area contributed by atoms with E-state index in [1.54, 1.807) is 45.5 Å². The number of rotatable bonds is 7. The van der Waals surface area contributed by atoms with Crippen molar-refractivity contribution in [2.45, 2.75) is 19.5 Å². The Labute approximate surface area is 184 Å². The minimum absolute atomic E-state index is 0. The second-order valence-corrected chi connectivity index (χ2v) is 5.61. The van der Waals surface area contributed by atoms with Gasteiger partial charge in [0.05, 0.1) is 14.2 Å². The van der Waals surface area contributed by atoms with Crippen LogP contribution < -0.4 is 24.8 Å². The van der Waals surface area contributed by atoms with E-state index in [2.05, 4.69) is 20.4 Å². The second-order valence-electron chi connectivity index (χ2n) is 5.61. The van der Waals surface area contributed by atoms with Gasteiger partial charge in [0, 0.05) is 37.3 Å². The summed E-state index contributed by atoms with van der Waals surface area (Å²) in [5, 5.41) is 6.06. The van der Waals surface area contributed by atoms with Crippen LogP contribution in [-0.2, 0) is 13.1 Å². The van der Waals surface area contributed by atoms with Crippen molar-refractivity contribution in [3.05, 3.63) is 53.6 Å². The molecular formula is C19H23F3IN3O3. The van der Waals surface area contributed by atoms with Gasteiger partial charge in [0.1, 0.15) is 17.2 Å². The number of ether oxygens (including phenoxy) is 3. The molecule has 6 nitrogen and oxygen atoms in total. The first-order valence-electron chi connectivity index (χ1n) is 8.35. The largest absolute Gasteiger partial charge is 0.573 e. The number of nitrogens with one attached hydrogen (secondary N) is 2. The molecule has 160 valence electrons. The van der Waals surface area contributed by atoms with E-state index in [9.17, 15) is 13.2 Å². The van der Waals surface area contributed by atoms with Crippen LogP contribution in [0.25, 0.3) is 0 Å². The molecule has 2 aromatic carbocycles. The van der Waals surface area contributed by atoms with Crippen molar-refractivity contribution >= 4 is 29.9 Å². The number of benzene rings is 2. The summed E-state index contributed by atoms with van der Waals surface area (Å²) in [6.07, 6.45) is -4.75. The Balaban J connectivity index is 0.00000420. The molecule has 29 heavy (non-hydrogen) atoms. The summed E-state index contributed by atoms with van der Waals surface area (Å²) in [4.78, 5) is 4.08. The zero-order chi connectivity index (χ0) is 20.6. The molecule has 0 saturated heterocycles. The number of nitrogens with zero attached hydrogens (tertiary/aromatic N) is 1. The van der Waals surface area contributed by atoms with Crippen LogP contribution in [-0.4, -0.2) is 33.6 Å². The highest BCUT2D eigenvalue weighted by atomic mass is 127. The summed E-state index contributed by atoms with van der Waals surface area (Å²) in [5.74, 6) is 1.48. The van der Waals surface area contributed by atoms with E-state index in [0.717, 1.165) is 5.56 Å². The first-order valence-corrected chi connectivity index (χ1v) is 8.35. The Morgan fingerprint density at radius 2 is 1.55 bits per heavy atom. The van der Waals surface area contributed by atoms with Crippen molar-refractivity contribution in [2.24, 2.45) is 4.99 Å². The van der Waals surface area contributed by atoms with Crippen molar-refractivity contribution < 1.29 is 27.4 Å². The van der Waals surface area contributed by atoms with E-state index in [0.29, 0.717) is 29.6 Å². The molecule has 0 fully saturated rings. The third-order valence-corrected chi connectivity index (χ3v) is 3.81. The fraction of sp³-hybridized carbons (Fsp3) is 0.316. The maximum Gasteiger partial charge on any atom is 0.573 e. The molecule has 0 amide bonds. The zero-order valence-electron chi connectivity index (χ0n) is 16.2. The SMILES string of the molecule is CN=C(NCc1ccc(OC)cc1OC)NCc1ccccc1OC(F)(F)F.I. The molecule has 0 aromatic heterocycles. The zero-order valence-corrected chi connectivity index (χ0v) is 18.5. The van der Waals surface area contributed by atoms with Gasteiger partial charge in [-0.3, -0.25) is 4.99 Å². The van der Waals surface area contributed by atoms with Gasteiger partial charge in [-0.15, -0.1) is 37.1 Å². The normalized spacial score (nSPS) is 11.3. The molecule has 0 aliphatic heterocycles. The van der Waals surface area contributed by atoms with Gasteiger partial charge in [-0.25, -0.2) is 0 Å². The molecule has 2 rings (SSSR count). The van der Waals surface area contributed by atoms with Crippen LogP contribution in [0.15, 0.2) is 47.5 Å². The average Bonchev–Trinajstić information content (AvgIpc) is 2.68.